The van der Waals surface area contributed by atoms with Gasteiger partial charge in [-0.15, -0.1) is 0 Å². The van der Waals surface area contributed by atoms with Gasteiger partial charge in [-0.2, -0.15) is 0 Å². The van der Waals surface area contributed by atoms with Crippen LogP contribution in [-0.4, -0.2) is 4.98 Å². The minimum Gasteiger partial charge on any atom is -0.345 e. The van der Waals surface area contributed by atoms with Gasteiger partial charge in [-0.3, -0.25) is 0 Å². The first-order chi connectivity index (χ1) is 12.1. The number of aryl methyl sites for hydroxylation is 1. The Bertz CT molecular complexity index is 1060. The van der Waals surface area contributed by atoms with E-state index in [1.807, 2.05) is 49.4 Å². The standard InChI is InChI=1S/C21H14ClF2N/c1-12-10-11-16-19(17(12)13-6-3-2-4-7-13)20(21(22)25-16)18-14(23)8-5-9-15(18)24/h2-11,25H,1H3. The van der Waals surface area contributed by atoms with Gasteiger partial charge in [-0.1, -0.05) is 54.1 Å². The molecule has 0 unspecified atom stereocenters. The second-order valence-corrected chi connectivity index (χ2v) is 6.33. The van der Waals surface area contributed by atoms with Crippen molar-refractivity contribution in [3.05, 3.63) is 83.0 Å². The molecule has 0 aliphatic heterocycles. The summed E-state index contributed by atoms with van der Waals surface area (Å²) in [5.74, 6) is -1.27. The van der Waals surface area contributed by atoms with E-state index in [0.29, 0.717) is 5.56 Å². The van der Waals surface area contributed by atoms with Crippen LogP contribution in [0.1, 0.15) is 5.56 Å². The Morgan fingerprint density at radius 1 is 0.760 bits per heavy atom. The van der Waals surface area contributed by atoms with Gasteiger partial charge in [0.25, 0.3) is 0 Å². The molecule has 25 heavy (non-hydrogen) atoms. The minimum absolute atomic E-state index is 0.110. The van der Waals surface area contributed by atoms with Crippen LogP contribution in [-0.2, 0) is 0 Å². The summed E-state index contributed by atoms with van der Waals surface area (Å²) in [6.07, 6.45) is 0. The fraction of sp³-hybridized carbons (Fsp3) is 0.0476. The number of hydrogen-bond donors (Lipinski definition) is 1. The van der Waals surface area contributed by atoms with Crippen LogP contribution in [0.15, 0.2) is 60.7 Å². The molecule has 4 heteroatoms. The van der Waals surface area contributed by atoms with Crippen molar-refractivity contribution in [3.63, 3.8) is 0 Å². The highest BCUT2D eigenvalue weighted by Gasteiger charge is 2.22. The lowest BCUT2D eigenvalue weighted by Crippen LogP contribution is -1.91. The molecule has 0 aliphatic carbocycles. The maximum atomic E-state index is 14.4. The van der Waals surface area contributed by atoms with Crippen LogP contribution in [0.3, 0.4) is 0 Å². The lowest BCUT2D eigenvalue weighted by Gasteiger charge is -2.11. The molecule has 0 bridgehead atoms. The number of aromatic nitrogens is 1. The van der Waals surface area contributed by atoms with Gasteiger partial charge in [0.05, 0.1) is 5.56 Å². The number of halogens is 3. The monoisotopic (exact) mass is 353 g/mol. The molecule has 0 aliphatic rings. The highest BCUT2D eigenvalue weighted by Crippen LogP contribution is 2.43. The summed E-state index contributed by atoms with van der Waals surface area (Å²) in [5.41, 5.74) is 3.88. The van der Waals surface area contributed by atoms with Crippen molar-refractivity contribution in [3.8, 4) is 22.3 Å². The Kier molecular flexibility index (Phi) is 3.81. The van der Waals surface area contributed by atoms with E-state index in [2.05, 4.69) is 4.98 Å². The molecule has 0 fully saturated rings. The molecule has 1 N–H and O–H groups in total. The maximum Gasteiger partial charge on any atom is 0.134 e. The summed E-state index contributed by atoms with van der Waals surface area (Å²) in [4.78, 5) is 3.05. The Labute approximate surface area is 148 Å². The Hall–Kier alpha value is -2.65. The number of benzene rings is 3. The fourth-order valence-electron chi connectivity index (χ4n) is 3.31. The van der Waals surface area contributed by atoms with Crippen molar-refractivity contribution < 1.29 is 8.78 Å². The van der Waals surface area contributed by atoms with Crippen LogP contribution in [0, 0.1) is 18.6 Å². The number of hydrogen-bond acceptors (Lipinski definition) is 0. The first kappa shape index (κ1) is 15.9. The minimum atomic E-state index is -0.636. The smallest absolute Gasteiger partial charge is 0.134 e. The number of nitrogens with one attached hydrogen (secondary N) is 1. The van der Waals surface area contributed by atoms with Gasteiger partial charge >= 0.3 is 0 Å². The van der Waals surface area contributed by atoms with Gasteiger partial charge < -0.3 is 4.98 Å². The van der Waals surface area contributed by atoms with Gasteiger partial charge in [0.2, 0.25) is 0 Å². The average molecular weight is 354 g/mol. The zero-order valence-corrected chi connectivity index (χ0v) is 14.2. The maximum absolute atomic E-state index is 14.4. The normalized spacial score (nSPS) is 11.2. The molecule has 0 saturated carbocycles. The largest absolute Gasteiger partial charge is 0.345 e. The molecular weight excluding hydrogens is 340 g/mol. The Morgan fingerprint density at radius 2 is 1.44 bits per heavy atom. The summed E-state index contributed by atoms with van der Waals surface area (Å²) in [5, 5.41) is 0.946. The summed E-state index contributed by atoms with van der Waals surface area (Å²) in [7, 11) is 0. The molecule has 0 atom stereocenters. The van der Waals surface area contributed by atoms with Crippen molar-refractivity contribution >= 4 is 22.5 Å². The van der Waals surface area contributed by atoms with Crippen LogP contribution in [0.2, 0.25) is 5.15 Å². The summed E-state index contributed by atoms with van der Waals surface area (Å²) < 4.78 is 28.9. The summed E-state index contributed by atoms with van der Waals surface area (Å²) >= 11 is 6.37. The average Bonchev–Trinajstić information content (AvgIpc) is 2.92. The van der Waals surface area contributed by atoms with E-state index in [0.717, 1.165) is 27.6 Å². The van der Waals surface area contributed by atoms with Crippen LogP contribution >= 0.6 is 11.6 Å². The molecule has 0 spiro atoms. The van der Waals surface area contributed by atoms with Crippen molar-refractivity contribution in [2.45, 2.75) is 6.92 Å². The van der Waals surface area contributed by atoms with E-state index < -0.39 is 11.6 Å². The molecule has 0 radical (unpaired) electrons. The van der Waals surface area contributed by atoms with Crippen molar-refractivity contribution in [2.24, 2.45) is 0 Å². The third kappa shape index (κ3) is 2.52. The lowest BCUT2D eigenvalue weighted by atomic mass is 9.92. The second kappa shape index (κ2) is 6.01. The van der Waals surface area contributed by atoms with E-state index in [4.69, 9.17) is 11.6 Å². The van der Waals surface area contributed by atoms with Gasteiger partial charge in [0, 0.05) is 16.5 Å². The van der Waals surface area contributed by atoms with Crippen LogP contribution in [0.5, 0.6) is 0 Å². The van der Waals surface area contributed by atoms with Crippen molar-refractivity contribution in [1.29, 1.82) is 0 Å². The van der Waals surface area contributed by atoms with Crippen molar-refractivity contribution in [2.75, 3.05) is 0 Å². The molecule has 0 saturated heterocycles. The number of rotatable bonds is 2. The predicted molar refractivity (Wildman–Crippen MR) is 98.8 cm³/mol. The first-order valence-corrected chi connectivity index (χ1v) is 8.26. The number of aromatic amines is 1. The zero-order chi connectivity index (χ0) is 17.6. The van der Waals surface area contributed by atoms with Crippen LogP contribution in [0.4, 0.5) is 8.78 Å². The third-order valence-electron chi connectivity index (χ3n) is 4.40. The molecule has 0 amide bonds. The Morgan fingerprint density at radius 3 is 2.12 bits per heavy atom. The predicted octanol–water partition coefficient (Wildman–Crippen LogP) is 6.74. The number of fused-ring (bicyclic) bond motifs is 1. The van der Waals surface area contributed by atoms with Crippen molar-refractivity contribution in [1.82, 2.24) is 4.98 Å². The molecular formula is C21H14ClF2N. The zero-order valence-electron chi connectivity index (χ0n) is 13.4. The van der Waals surface area contributed by atoms with Crippen LogP contribution in [0.25, 0.3) is 33.2 Å². The third-order valence-corrected chi connectivity index (χ3v) is 4.69. The molecule has 1 nitrogen and oxygen atoms in total. The first-order valence-electron chi connectivity index (χ1n) is 7.88. The quantitative estimate of drug-likeness (QED) is 0.410. The van der Waals surface area contributed by atoms with Crippen LogP contribution < -0.4 is 0 Å². The number of H-pyrrole nitrogens is 1. The topological polar surface area (TPSA) is 15.8 Å². The highest BCUT2D eigenvalue weighted by molar-refractivity contribution is 6.35. The summed E-state index contributed by atoms with van der Waals surface area (Å²) in [6, 6.07) is 17.4. The second-order valence-electron chi connectivity index (χ2n) is 5.96. The lowest BCUT2D eigenvalue weighted by molar-refractivity contribution is 0.590. The van der Waals surface area contributed by atoms with E-state index in [1.54, 1.807) is 0 Å². The highest BCUT2D eigenvalue weighted by atomic mass is 35.5. The molecule has 4 rings (SSSR count). The van der Waals surface area contributed by atoms with Gasteiger partial charge in [0.1, 0.15) is 16.8 Å². The molecule has 1 aromatic heterocycles. The van der Waals surface area contributed by atoms with Gasteiger partial charge in [0.15, 0.2) is 0 Å². The van der Waals surface area contributed by atoms with Gasteiger partial charge in [-0.25, -0.2) is 8.78 Å². The van der Waals surface area contributed by atoms with E-state index in [9.17, 15) is 8.78 Å². The molecule has 3 aromatic carbocycles. The fourth-order valence-corrected chi connectivity index (χ4v) is 3.60. The molecule has 124 valence electrons. The van der Waals surface area contributed by atoms with E-state index in [-0.39, 0.29) is 10.7 Å². The molecule has 1 heterocycles. The molecule has 4 aromatic rings. The SMILES string of the molecule is Cc1ccc2[nH]c(Cl)c(-c3c(F)cccc3F)c2c1-c1ccccc1. The van der Waals surface area contributed by atoms with Gasteiger partial charge in [-0.05, 0) is 41.8 Å². The van der Waals surface area contributed by atoms with E-state index in [1.165, 1.54) is 18.2 Å². The summed E-state index contributed by atoms with van der Waals surface area (Å²) in [6.45, 7) is 1.98. The Balaban J connectivity index is 2.17. The van der Waals surface area contributed by atoms with E-state index >= 15 is 0 Å².